The molecule has 138 valence electrons. The molecule has 4 N–H and O–H groups in total. The number of aliphatic hydroxyl groups excluding tert-OH is 4. The van der Waals surface area contributed by atoms with Gasteiger partial charge in [-0.05, 0) is 22.6 Å². The van der Waals surface area contributed by atoms with Crippen molar-refractivity contribution in [3.63, 3.8) is 0 Å². The van der Waals surface area contributed by atoms with Gasteiger partial charge in [0.2, 0.25) is 0 Å². The molecular formula is C14H17N7O5. The van der Waals surface area contributed by atoms with E-state index >= 15 is 0 Å². The summed E-state index contributed by atoms with van der Waals surface area (Å²) in [4.78, 5) is 0. The lowest BCUT2D eigenvalue weighted by molar-refractivity contribution is -0.254. The van der Waals surface area contributed by atoms with Crippen LogP contribution in [0.3, 0.4) is 0 Å². The van der Waals surface area contributed by atoms with Gasteiger partial charge >= 0.3 is 0 Å². The molecule has 0 amide bonds. The first kappa shape index (κ1) is 16.9. The van der Waals surface area contributed by atoms with Gasteiger partial charge in [0.15, 0.2) is 12.1 Å². The van der Waals surface area contributed by atoms with E-state index in [-0.39, 0.29) is 6.54 Å². The van der Waals surface area contributed by atoms with E-state index in [0.29, 0.717) is 11.3 Å². The molecule has 12 nitrogen and oxygen atoms in total. The third-order valence-corrected chi connectivity index (χ3v) is 4.38. The Morgan fingerprint density at radius 1 is 1.00 bits per heavy atom. The molecule has 0 aliphatic carbocycles. The Labute approximate surface area is 146 Å². The molecule has 1 saturated heterocycles. The highest BCUT2D eigenvalue weighted by molar-refractivity contribution is 5.73. The van der Waals surface area contributed by atoms with Gasteiger partial charge in [0, 0.05) is 0 Å². The second-order valence-electron chi connectivity index (χ2n) is 5.99. The molecule has 4 rings (SSSR count). The van der Waals surface area contributed by atoms with E-state index in [0.717, 1.165) is 5.52 Å². The summed E-state index contributed by atoms with van der Waals surface area (Å²) in [5, 5.41) is 58.8. The fraction of sp³-hybridized carbons (Fsp3) is 0.500. The molecule has 0 unspecified atom stereocenters. The summed E-state index contributed by atoms with van der Waals surface area (Å²) in [5.74, 6) is 0.296. The smallest absolute Gasteiger partial charge is 0.183 e. The Balaban J connectivity index is 1.64. The molecule has 1 aliphatic heterocycles. The number of hydrogen-bond donors (Lipinski definition) is 4. The second kappa shape index (κ2) is 6.66. The number of hydrogen-bond acceptors (Lipinski definition) is 10. The molecular weight excluding hydrogens is 346 g/mol. The summed E-state index contributed by atoms with van der Waals surface area (Å²) in [6, 6.07) is 7.36. The van der Waals surface area contributed by atoms with E-state index in [1.807, 2.05) is 24.3 Å². The Kier molecular flexibility index (Phi) is 4.34. The van der Waals surface area contributed by atoms with E-state index in [9.17, 15) is 20.4 Å². The maximum Gasteiger partial charge on any atom is 0.183 e. The topological polar surface area (TPSA) is 164 Å². The third kappa shape index (κ3) is 2.73. The van der Waals surface area contributed by atoms with Gasteiger partial charge in [-0.2, -0.15) is 4.68 Å². The Morgan fingerprint density at radius 3 is 2.62 bits per heavy atom. The van der Waals surface area contributed by atoms with Gasteiger partial charge < -0.3 is 25.2 Å². The fourth-order valence-electron chi connectivity index (χ4n) is 2.97. The van der Waals surface area contributed by atoms with Crippen molar-refractivity contribution in [3.8, 4) is 0 Å². The zero-order valence-electron chi connectivity index (χ0n) is 13.4. The van der Waals surface area contributed by atoms with Crippen molar-refractivity contribution in [2.75, 3.05) is 6.61 Å². The predicted molar refractivity (Wildman–Crippen MR) is 83.5 cm³/mol. The number of rotatable bonds is 4. The second-order valence-corrected chi connectivity index (χ2v) is 5.99. The van der Waals surface area contributed by atoms with E-state index in [4.69, 9.17) is 4.74 Å². The minimum Gasteiger partial charge on any atom is -0.394 e. The summed E-state index contributed by atoms with van der Waals surface area (Å²) in [7, 11) is 0. The van der Waals surface area contributed by atoms with Crippen LogP contribution in [0.4, 0.5) is 0 Å². The first-order valence-corrected chi connectivity index (χ1v) is 7.95. The molecule has 1 aliphatic rings. The molecule has 2 aromatic heterocycles. The number of ether oxygens (including phenoxy) is 1. The molecule has 12 heteroatoms. The Hall–Kier alpha value is -2.51. The standard InChI is InChI=1S/C14H17N7O5/c22-6-9-11(23)12(24)13(25)14(26-9)21-10(16-17-19-21)5-20-8-4-2-1-3-7(8)15-18-20/h1-4,9,11-14,22-25H,5-6H2/t9-,11-,12+,13-,14+/m1/s1. The quantitative estimate of drug-likeness (QED) is 0.387. The molecule has 0 bridgehead atoms. The van der Waals surface area contributed by atoms with Crippen molar-refractivity contribution in [1.29, 1.82) is 0 Å². The van der Waals surface area contributed by atoms with Crippen LogP contribution in [0.1, 0.15) is 12.1 Å². The van der Waals surface area contributed by atoms with Gasteiger partial charge in [0.05, 0.1) is 12.1 Å². The largest absolute Gasteiger partial charge is 0.394 e. The van der Waals surface area contributed by atoms with Crippen LogP contribution in [0.2, 0.25) is 0 Å². The van der Waals surface area contributed by atoms with Crippen molar-refractivity contribution in [1.82, 2.24) is 35.2 Å². The first-order chi connectivity index (χ1) is 12.6. The van der Waals surface area contributed by atoms with Crippen molar-refractivity contribution in [2.45, 2.75) is 37.2 Å². The number of aliphatic hydroxyl groups is 4. The van der Waals surface area contributed by atoms with Gasteiger partial charge in [-0.1, -0.05) is 17.3 Å². The molecule has 1 fully saturated rings. The zero-order valence-corrected chi connectivity index (χ0v) is 13.4. The highest BCUT2D eigenvalue weighted by atomic mass is 16.6. The molecule has 3 heterocycles. The molecule has 26 heavy (non-hydrogen) atoms. The Morgan fingerprint density at radius 2 is 1.81 bits per heavy atom. The highest BCUT2D eigenvalue weighted by Crippen LogP contribution is 2.28. The van der Waals surface area contributed by atoms with Gasteiger partial charge in [-0.25, -0.2) is 4.68 Å². The van der Waals surface area contributed by atoms with Crippen molar-refractivity contribution < 1.29 is 25.2 Å². The van der Waals surface area contributed by atoms with E-state index in [1.165, 1.54) is 4.68 Å². The van der Waals surface area contributed by atoms with Crippen molar-refractivity contribution in [2.24, 2.45) is 0 Å². The van der Waals surface area contributed by atoms with Crippen LogP contribution in [0.5, 0.6) is 0 Å². The minimum absolute atomic E-state index is 0.141. The van der Waals surface area contributed by atoms with E-state index in [2.05, 4.69) is 25.8 Å². The number of aromatic nitrogens is 7. The molecule has 0 spiro atoms. The molecule has 3 aromatic rings. The van der Waals surface area contributed by atoms with Crippen LogP contribution in [-0.4, -0.2) is 86.6 Å². The van der Waals surface area contributed by atoms with Crippen LogP contribution in [-0.2, 0) is 11.3 Å². The van der Waals surface area contributed by atoms with Crippen LogP contribution < -0.4 is 0 Å². The summed E-state index contributed by atoms with van der Waals surface area (Å²) >= 11 is 0. The van der Waals surface area contributed by atoms with Crippen LogP contribution in [0, 0.1) is 0 Å². The van der Waals surface area contributed by atoms with Gasteiger partial charge in [0.25, 0.3) is 0 Å². The average Bonchev–Trinajstić information content (AvgIpc) is 3.28. The summed E-state index contributed by atoms with van der Waals surface area (Å²) in [6.07, 6.45) is -6.68. The fourth-order valence-corrected chi connectivity index (χ4v) is 2.97. The summed E-state index contributed by atoms with van der Waals surface area (Å²) < 4.78 is 8.27. The number of nitrogens with zero attached hydrogens (tertiary/aromatic N) is 7. The predicted octanol–water partition coefficient (Wildman–Crippen LogP) is -2.56. The number of para-hydroxylation sites is 1. The van der Waals surface area contributed by atoms with Gasteiger partial charge in [0.1, 0.15) is 36.5 Å². The lowest BCUT2D eigenvalue weighted by Gasteiger charge is -2.39. The molecule has 0 radical (unpaired) electrons. The SMILES string of the molecule is OC[C@H]1O[C@H](n2nnnc2Cn2nnc3ccccc32)[C@H](O)[C@@H](O)[C@@H]1O. The lowest BCUT2D eigenvalue weighted by Crippen LogP contribution is -2.56. The maximum absolute atomic E-state index is 10.2. The van der Waals surface area contributed by atoms with E-state index < -0.39 is 37.3 Å². The molecule has 1 aromatic carbocycles. The number of benzene rings is 1. The molecule has 0 saturated carbocycles. The number of tetrazole rings is 1. The lowest BCUT2D eigenvalue weighted by atomic mass is 9.98. The average molecular weight is 363 g/mol. The van der Waals surface area contributed by atoms with Crippen LogP contribution in [0.15, 0.2) is 24.3 Å². The zero-order chi connectivity index (χ0) is 18.3. The monoisotopic (exact) mass is 363 g/mol. The third-order valence-electron chi connectivity index (χ3n) is 4.38. The number of fused-ring (bicyclic) bond motifs is 1. The first-order valence-electron chi connectivity index (χ1n) is 7.95. The van der Waals surface area contributed by atoms with Crippen molar-refractivity contribution in [3.05, 3.63) is 30.1 Å². The van der Waals surface area contributed by atoms with Gasteiger partial charge in [-0.15, -0.1) is 10.2 Å². The Bertz CT molecular complexity index is 897. The summed E-state index contributed by atoms with van der Waals surface area (Å²) in [5.41, 5.74) is 1.48. The van der Waals surface area contributed by atoms with Crippen LogP contribution in [0.25, 0.3) is 11.0 Å². The molecule has 5 atom stereocenters. The van der Waals surface area contributed by atoms with Gasteiger partial charge in [-0.3, -0.25) is 0 Å². The maximum atomic E-state index is 10.2. The van der Waals surface area contributed by atoms with E-state index in [1.54, 1.807) is 4.68 Å². The highest BCUT2D eigenvalue weighted by Gasteiger charge is 2.45. The minimum atomic E-state index is -1.52. The normalized spacial score (nSPS) is 29.3. The van der Waals surface area contributed by atoms with Crippen molar-refractivity contribution >= 4 is 11.0 Å². The summed E-state index contributed by atoms with van der Waals surface area (Å²) in [6.45, 7) is -0.394. The van der Waals surface area contributed by atoms with Crippen LogP contribution >= 0.6 is 0 Å².